The zero-order valence-electron chi connectivity index (χ0n) is 19.6. The number of para-hydroxylation sites is 2. The van der Waals surface area contributed by atoms with Crippen molar-refractivity contribution in [2.24, 2.45) is 0 Å². The highest BCUT2D eigenvalue weighted by molar-refractivity contribution is 5.89. The number of benzene rings is 2. The number of hydrogen-bond donors (Lipinski definition) is 1. The van der Waals surface area contributed by atoms with E-state index in [-0.39, 0.29) is 36.2 Å². The molecule has 1 atom stereocenters. The second-order valence-electron chi connectivity index (χ2n) is 8.90. The molecule has 0 aliphatic carbocycles. The van der Waals surface area contributed by atoms with Crippen LogP contribution in [0.15, 0.2) is 45.6 Å². The molecule has 0 spiro atoms. The first kappa shape index (κ1) is 22.8. The lowest BCUT2D eigenvalue weighted by Gasteiger charge is -2.37. The summed E-state index contributed by atoms with van der Waals surface area (Å²) in [5.74, 6) is 0.757. The topological polar surface area (TPSA) is 110 Å². The third-order valence-electron chi connectivity index (χ3n) is 6.56. The lowest BCUT2D eigenvalue weighted by molar-refractivity contribution is -0.146. The van der Waals surface area contributed by atoms with Gasteiger partial charge in [-0.1, -0.05) is 12.1 Å². The van der Waals surface area contributed by atoms with Gasteiger partial charge in [-0.25, -0.2) is 4.79 Å². The average Bonchev–Trinajstić information content (AvgIpc) is 2.85. The Morgan fingerprint density at radius 1 is 1.03 bits per heavy atom. The number of ether oxygens (including phenoxy) is 2. The van der Waals surface area contributed by atoms with Crippen LogP contribution in [0.4, 0.5) is 0 Å². The van der Waals surface area contributed by atoms with Crippen LogP contribution >= 0.6 is 0 Å². The Hall–Kier alpha value is -4.01. The molecule has 182 valence electrons. The number of rotatable bonds is 3. The highest BCUT2D eigenvalue weighted by Crippen LogP contribution is 2.32. The van der Waals surface area contributed by atoms with Crippen molar-refractivity contribution in [3.63, 3.8) is 0 Å². The molecule has 0 radical (unpaired) electrons. The molecule has 0 saturated carbocycles. The number of phenolic OH excluding ortho intramolecular Hbond substituents is 1. The van der Waals surface area contributed by atoms with E-state index >= 15 is 0 Å². The Morgan fingerprint density at radius 2 is 1.71 bits per heavy atom. The molecule has 1 saturated heterocycles. The van der Waals surface area contributed by atoms with Gasteiger partial charge in [0.1, 0.15) is 17.9 Å². The van der Waals surface area contributed by atoms with E-state index in [2.05, 4.69) is 0 Å². The highest BCUT2D eigenvalue weighted by Gasteiger charge is 2.33. The van der Waals surface area contributed by atoms with Gasteiger partial charge in [0.25, 0.3) is 5.91 Å². The summed E-state index contributed by atoms with van der Waals surface area (Å²) in [5, 5.41) is 10.8. The minimum Gasteiger partial charge on any atom is -0.507 e. The summed E-state index contributed by atoms with van der Waals surface area (Å²) < 4.78 is 16.9. The number of hydrogen-bond acceptors (Lipinski definition) is 7. The average molecular weight is 479 g/mol. The maximum Gasteiger partial charge on any atom is 0.340 e. The van der Waals surface area contributed by atoms with Gasteiger partial charge in [0.15, 0.2) is 11.5 Å². The van der Waals surface area contributed by atoms with E-state index in [1.807, 2.05) is 12.1 Å². The van der Waals surface area contributed by atoms with Gasteiger partial charge < -0.3 is 28.8 Å². The number of aromatic hydroxyl groups is 1. The van der Waals surface area contributed by atoms with Crippen molar-refractivity contribution < 1.29 is 28.6 Å². The summed E-state index contributed by atoms with van der Waals surface area (Å²) in [6, 6.07) is 10.5. The first-order valence-electron chi connectivity index (χ1n) is 11.5. The molecule has 2 aliphatic rings. The molecule has 3 aromatic rings. The number of carbonyl (C=O) groups is 2. The Balaban J connectivity index is 1.23. The summed E-state index contributed by atoms with van der Waals surface area (Å²) >= 11 is 0. The fourth-order valence-electron chi connectivity index (χ4n) is 4.65. The van der Waals surface area contributed by atoms with Crippen LogP contribution in [0.25, 0.3) is 11.0 Å². The number of phenols is 1. The lowest BCUT2D eigenvalue weighted by Crippen LogP contribution is -2.55. The van der Waals surface area contributed by atoms with Crippen LogP contribution in [0, 0.1) is 13.8 Å². The first-order valence-corrected chi connectivity index (χ1v) is 11.5. The SMILES string of the molecule is Cc1cc(O)c2c(C)c(CC(=O)N3CCN(C(=O)[C@H]4COc5ccccc5O4)CC3)c(=O)oc2c1. The van der Waals surface area contributed by atoms with Gasteiger partial charge in [-0.2, -0.15) is 0 Å². The number of aryl methyl sites for hydroxylation is 2. The maximum absolute atomic E-state index is 13.0. The lowest BCUT2D eigenvalue weighted by atomic mass is 10.0. The fraction of sp³-hybridized carbons (Fsp3) is 0.346. The van der Waals surface area contributed by atoms with Gasteiger partial charge in [-0.05, 0) is 49.2 Å². The quantitative estimate of drug-likeness (QED) is 0.575. The van der Waals surface area contributed by atoms with E-state index in [1.165, 1.54) is 0 Å². The molecular weight excluding hydrogens is 452 g/mol. The predicted molar refractivity (Wildman–Crippen MR) is 127 cm³/mol. The van der Waals surface area contributed by atoms with Gasteiger partial charge in [-0.3, -0.25) is 9.59 Å². The molecule has 5 rings (SSSR count). The number of carbonyl (C=O) groups excluding carboxylic acids is 2. The molecule has 9 heteroatoms. The van der Waals surface area contributed by atoms with Crippen LogP contribution in [0.1, 0.15) is 16.7 Å². The molecule has 1 aromatic heterocycles. The van der Waals surface area contributed by atoms with Gasteiger partial charge in [0.05, 0.1) is 17.4 Å². The Bertz CT molecular complexity index is 1370. The third-order valence-corrected chi connectivity index (χ3v) is 6.56. The van der Waals surface area contributed by atoms with Crippen molar-refractivity contribution in [1.82, 2.24) is 9.80 Å². The second-order valence-corrected chi connectivity index (χ2v) is 8.90. The molecule has 0 bridgehead atoms. The van der Waals surface area contributed by atoms with Crippen LogP contribution in [-0.2, 0) is 16.0 Å². The molecule has 1 fully saturated rings. The van der Waals surface area contributed by atoms with Crippen molar-refractivity contribution in [1.29, 1.82) is 0 Å². The molecule has 9 nitrogen and oxygen atoms in total. The van der Waals surface area contributed by atoms with Crippen LogP contribution in [-0.4, -0.2) is 65.6 Å². The number of piperazine rings is 1. The van der Waals surface area contributed by atoms with Crippen molar-refractivity contribution in [3.05, 3.63) is 63.5 Å². The van der Waals surface area contributed by atoms with Gasteiger partial charge in [0, 0.05) is 26.2 Å². The minimum absolute atomic E-state index is 0.0126. The largest absolute Gasteiger partial charge is 0.507 e. The molecule has 3 heterocycles. The van der Waals surface area contributed by atoms with Gasteiger partial charge in [0.2, 0.25) is 12.0 Å². The maximum atomic E-state index is 13.0. The van der Waals surface area contributed by atoms with Crippen LogP contribution in [0.2, 0.25) is 0 Å². The summed E-state index contributed by atoms with van der Waals surface area (Å²) in [4.78, 5) is 41.8. The van der Waals surface area contributed by atoms with E-state index in [9.17, 15) is 19.5 Å². The van der Waals surface area contributed by atoms with E-state index < -0.39 is 11.7 Å². The summed E-state index contributed by atoms with van der Waals surface area (Å²) in [5.41, 5.74) is 1.24. The number of nitrogens with zero attached hydrogens (tertiary/aromatic N) is 2. The van der Waals surface area contributed by atoms with Crippen LogP contribution in [0.3, 0.4) is 0 Å². The minimum atomic E-state index is -0.728. The molecular formula is C26H26N2O7. The summed E-state index contributed by atoms with van der Waals surface area (Å²) in [7, 11) is 0. The Labute approximate surface area is 201 Å². The molecule has 35 heavy (non-hydrogen) atoms. The first-order chi connectivity index (χ1) is 16.8. The smallest absolute Gasteiger partial charge is 0.340 e. The van der Waals surface area contributed by atoms with Crippen molar-refractivity contribution in [3.8, 4) is 17.2 Å². The Morgan fingerprint density at radius 3 is 2.46 bits per heavy atom. The molecule has 2 amide bonds. The molecule has 2 aliphatic heterocycles. The Kier molecular flexibility index (Phi) is 5.84. The standard InChI is InChI=1S/C26H26N2O7/c1-15-11-18(29)24-16(2)17(26(32)35-21(24)12-15)13-23(30)27-7-9-28(10-8-27)25(31)22-14-33-19-5-3-4-6-20(19)34-22/h3-6,11-12,22,29H,7-10,13-14H2,1-2H3/t22-/m1/s1. The molecule has 0 unspecified atom stereocenters. The monoisotopic (exact) mass is 478 g/mol. The normalized spacial score (nSPS) is 17.5. The van der Waals surface area contributed by atoms with E-state index in [1.54, 1.807) is 47.9 Å². The van der Waals surface area contributed by atoms with Crippen molar-refractivity contribution in [2.45, 2.75) is 26.4 Å². The van der Waals surface area contributed by atoms with Gasteiger partial charge in [-0.15, -0.1) is 0 Å². The zero-order valence-corrected chi connectivity index (χ0v) is 19.6. The number of fused-ring (bicyclic) bond motifs is 2. The third kappa shape index (κ3) is 4.29. The molecule has 1 N–H and O–H groups in total. The highest BCUT2D eigenvalue weighted by atomic mass is 16.6. The van der Waals surface area contributed by atoms with E-state index in [4.69, 9.17) is 13.9 Å². The molecule has 2 aromatic carbocycles. The zero-order chi connectivity index (χ0) is 24.7. The van der Waals surface area contributed by atoms with Crippen molar-refractivity contribution >= 4 is 22.8 Å². The van der Waals surface area contributed by atoms with Crippen LogP contribution in [0.5, 0.6) is 17.2 Å². The second kappa shape index (κ2) is 8.98. The predicted octanol–water partition coefficient (Wildman–Crippen LogP) is 2.17. The summed E-state index contributed by atoms with van der Waals surface area (Å²) in [6.45, 7) is 5.04. The van der Waals surface area contributed by atoms with E-state index in [0.717, 1.165) is 5.56 Å². The van der Waals surface area contributed by atoms with Crippen LogP contribution < -0.4 is 15.1 Å². The summed E-state index contributed by atoms with van der Waals surface area (Å²) in [6.07, 6.45) is -0.866. The van der Waals surface area contributed by atoms with Crippen molar-refractivity contribution in [2.75, 3.05) is 32.8 Å². The van der Waals surface area contributed by atoms with Gasteiger partial charge >= 0.3 is 5.63 Å². The number of amides is 2. The van der Waals surface area contributed by atoms with E-state index in [0.29, 0.717) is 54.2 Å². The fourth-order valence-corrected chi connectivity index (χ4v) is 4.65.